The second kappa shape index (κ2) is 5.51. The highest BCUT2D eigenvalue weighted by atomic mass is 16.6. The van der Waals surface area contributed by atoms with Crippen molar-refractivity contribution in [1.82, 2.24) is 4.90 Å². The number of piperidine rings is 1. The van der Waals surface area contributed by atoms with Crippen LogP contribution in [0.5, 0.6) is 0 Å². The average Bonchev–Trinajstić information content (AvgIpc) is 2.52. The van der Waals surface area contributed by atoms with Crippen LogP contribution in [0.25, 0.3) is 0 Å². The molecule has 0 atom stereocenters. The highest BCUT2D eigenvalue weighted by Gasteiger charge is 2.45. The Morgan fingerprint density at radius 3 is 2.67 bits per heavy atom. The Balaban J connectivity index is 1.74. The van der Waals surface area contributed by atoms with E-state index in [-0.39, 0.29) is 17.3 Å². The van der Waals surface area contributed by atoms with Crippen molar-refractivity contribution in [3.05, 3.63) is 35.4 Å². The molecule has 4 heteroatoms. The standard InChI is InChI=1S/C17H21NO3/c1-2-21-16(20)18-11-9-17(10-12-18)8-7-13-5-3-4-6-14(13)15(17)19/h3-6H,2,7-12H2,1H3. The average molecular weight is 287 g/mol. The number of hydrogen-bond acceptors (Lipinski definition) is 3. The molecular formula is C17H21NO3. The maximum atomic E-state index is 12.9. The van der Waals surface area contributed by atoms with E-state index in [4.69, 9.17) is 4.74 Å². The van der Waals surface area contributed by atoms with E-state index < -0.39 is 0 Å². The van der Waals surface area contributed by atoms with Crippen LogP contribution in [0.15, 0.2) is 24.3 Å². The van der Waals surface area contributed by atoms with Gasteiger partial charge >= 0.3 is 6.09 Å². The highest BCUT2D eigenvalue weighted by molar-refractivity contribution is 6.02. The maximum absolute atomic E-state index is 12.9. The number of carbonyl (C=O) groups is 2. The van der Waals surface area contributed by atoms with Crippen LogP contribution in [0.1, 0.15) is 42.1 Å². The summed E-state index contributed by atoms with van der Waals surface area (Å²) in [7, 11) is 0. The van der Waals surface area contributed by atoms with Crippen LogP contribution in [0.4, 0.5) is 4.79 Å². The van der Waals surface area contributed by atoms with Crippen molar-refractivity contribution in [2.75, 3.05) is 19.7 Å². The summed E-state index contributed by atoms with van der Waals surface area (Å²) in [6.07, 6.45) is 3.11. The predicted molar refractivity (Wildman–Crippen MR) is 79.4 cm³/mol. The summed E-state index contributed by atoms with van der Waals surface area (Å²) in [6, 6.07) is 7.92. The second-order valence-electron chi connectivity index (χ2n) is 5.95. The van der Waals surface area contributed by atoms with Gasteiger partial charge < -0.3 is 9.64 Å². The zero-order valence-electron chi connectivity index (χ0n) is 12.4. The molecule has 21 heavy (non-hydrogen) atoms. The number of likely N-dealkylation sites (tertiary alicyclic amines) is 1. The highest BCUT2D eigenvalue weighted by Crippen LogP contribution is 2.43. The maximum Gasteiger partial charge on any atom is 0.409 e. The summed E-state index contributed by atoms with van der Waals surface area (Å²) in [4.78, 5) is 26.4. The van der Waals surface area contributed by atoms with Crippen molar-refractivity contribution in [3.8, 4) is 0 Å². The predicted octanol–water partition coefficient (Wildman–Crippen LogP) is 3.05. The number of ether oxygens (including phenoxy) is 1. The first-order chi connectivity index (χ1) is 10.2. The van der Waals surface area contributed by atoms with E-state index in [0.29, 0.717) is 19.7 Å². The lowest BCUT2D eigenvalue weighted by Crippen LogP contribution is -2.48. The zero-order valence-corrected chi connectivity index (χ0v) is 12.4. The Kier molecular flexibility index (Phi) is 3.70. The fourth-order valence-corrected chi connectivity index (χ4v) is 3.54. The molecule has 0 saturated carbocycles. The number of hydrogen-bond donors (Lipinski definition) is 0. The van der Waals surface area contributed by atoms with Gasteiger partial charge in [-0.25, -0.2) is 4.79 Å². The molecule has 1 saturated heterocycles. The molecule has 4 nitrogen and oxygen atoms in total. The Morgan fingerprint density at radius 1 is 1.24 bits per heavy atom. The monoisotopic (exact) mass is 287 g/mol. The van der Waals surface area contributed by atoms with Gasteiger partial charge in [-0.2, -0.15) is 0 Å². The van der Waals surface area contributed by atoms with E-state index in [9.17, 15) is 9.59 Å². The van der Waals surface area contributed by atoms with Gasteiger partial charge in [0, 0.05) is 24.1 Å². The molecule has 1 amide bonds. The molecule has 0 bridgehead atoms. The molecule has 0 unspecified atom stereocenters. The number of fused-ring (bicyclic) bond motifs is 1. The molecule has 2 aliphatic rings. The SMILES string of the molecule is CCOC(=O)N1CCC2(CCc3ccccc3C2=O)CC1. The van der Waals surface area contributed by atoms with Crippen molar-refractivity contribution in [3.63, 3.8) is 0 Å². The van der Waals surface area contributed by atoms with Crippen LogP contribution in [0.2, 0.25) is 0 Å². The third-order valence-corrected chi connectivity index (χ3v) is 4.86. The summed E-state index contributed by atoms with van der Waals surface area (Å²) < 4.78 is 5.04. The number of ketones is 1. The third kappa shape index (κ3) is 2.43. The fraction of sp³-hybridized carbons (Fsp3) is 0.529. The largest absolute Gasteiger partial charge is 0.450 e. The number of benzene rings is 1. The number of amides is 1. The summed E-state index contributed by atoms with van der Waals surface area (Å²) in [5.74, 6) is 0.271. The first-order valence-corrected chi connectivity index (χ1v) is 7.71. The van der Waals surface area contributed by atoms with Gasteiger partial charge in [-0.1, -0.05) is 24.3 Å². The van der Waals surface area contributed by atoms with Gasteiger partial charge in [-0.15, -0.1) is 0 Å². The number of rotatable bonds is 1. The molecule has 0 aromatic heterocycles. The van der Waals surface area contributed by atoms with Crippen molar-refractivity contribution < 1.29 is 14.3 Å². The van der Waals surface area contributed by atoms with Gasteiger partial charge in [-0.3, -0.25) is 4.79 Å². The minimum absolute atomic E-state index is 0.254. The summed E-state index contributed by atoms with van der Waals surface area (Å²) in [5.41, 5.74) is 1.78. The lowest BCUT2D eigenvalue weighted by Gasteiger charge is -2.42. The summed E-state index contributed by atoms with van der Waals surface area (Å²) in [6.45, 7) is 3.44. The normalized spacial score (nSPS) is 20.2. The number of nitrogens with zero attached hydrogens (tertiary/aromatic N) is 1. The van der Waals surface area contributed by atoms with Gasteiger partial charge in [0.25, 0.3) is 0 Å². The number of aryl methyl sites for hydroxylation is 1. The van der Waals surface area contributed by atoms with Gasteiger partial charge in [0.05, 0.1) is 6.61 Å². The van der Waals surface area contributed by atoms with E-state index in [1.54, 1.807) is 4.90 Å². The number of carbonyl (C=O) groups excluding carboxylic acids is 2. The molecule has 1 aromatic carbocycles. The topological polar surface area (TPSA) is 46.6 Å². The minimum atomic E-state index is -0.267. The van der Waals surface area contributed by atoms with E-state index in [1.807, 2.05) is 31.2 Å². The first kappa shape index (κ1) is 14.1. The molecule has 0 radical (unpaired) electrons. The van der Waals surface area contributed by atoms with Gasteiger partial charge in [-0.05, 0) is 38.2 Å². The molecule has 1 fully saturated rings. The fourth-order valence-electron chi connectivity index (χ4n) is 3.54. The van der Waals surface area contributed by atoms with Crippen LogP contribution >= 0.6 is 0 Å². The molecule has 1 aliphatic heterocycles. The smallest absolute Gasteiger partial charge is 0.409 e. The Labute approximate surface area is 125 Å². The van der Waals surface area contributed by atoms with Crippen LogP contribution in [0, 0.1) is 5.41 Å². The van der Waals surface area contributed by atoms with Crippen molar-refractivity contribution in [1.29, 1.82) is 0 Å². The van der Waals surface area contributed by atoms with E-state index >= 15 is 0 Å². The zero-order chi connectivity index (χ0) is 14.9. The number of Topliss-reactive ketones (excluding diaryl/α,β-unsaturated/α-hetero) is 1. The Hall–Kier alpha value is -1.84. The Bertz CT molecular complexity index is 559. The molecule has 1 aliphatic carbocycles. The van der Waals surface area contributed by atoms with Crippen LogP contribution in [-0.2, 0) is 11.2 Å². The lowest BCUT2D eigenvalue weighted by atomic mass is 9.65. The molecule has 3 rings (SSSR count). The van der Waals surface area contributed by atoms with Gasteiger partial charge in [0.2, 0.25) is 0 Å². The summed E-state index contributed by atoms with van der Waals surface area (Å²) >= 11 is 0. The van der Waals surface area contributed by atoms with Crippen LogP contribution in [-0.4, -0.2) is 36.5 Å². The van der Waals surface area contributed by atoms with Gasteiger partial charge in [0.1, 0.15) is 0 Å². The Morgan fingerprint density at radius 2 is 1.95 bits per heavy atom. The second-order valence-corrected chi connectivity index (χ2v) is 5.95. The molecule has 1 spiro atoms. The van der Waals surface area contributed by atoms with E-state index in [1.165, 1.54) is 5.56 Å². The van der Waals surface area contributed by atoms with Crippen molar-refractivity contribution in [2.45, 2.75) is 32.6 Å². The van der Waals surface area contributed by atoms with Crippen LogP contribution < -0.4 is 0 Å². The quantitative estimate of drug-likeness (QED) is 0.797. The lowest BCUT2D eigenvalue weighted by molar-refractivity contribution is 0.0474. The molecule has 1 aromatic rings. The minimum Gasteiger partial charge on any atom is -0.450 e. The van der Waals surface area contributed by atoms with Crippen LogP contribution in [0.3, 0.4) is 0 Å². The molecule has 1 heterocycles. The van der Waals surface area contributed by atoms with Crippen molar-refractivity contribution >= 4 is 11.9 Å². The third-order valence-electron chi connectivity index (χ3n) is 4.86. The molecule has 112 valence electrons. The van der Waals surface area contributed by atoms with E-state index in [2.05, 4.69) is 0 Å². The summed E-state index contributed by atoms with van der Waals surface area (Å²) in [5, 5.41) is 0. The molecular weight excluding hydrogens is 266 g/mol. The first-order valence-electron chi connectivity index (χ1n) is 7.71. The van der Waals surface area contributed by atoms with E-state index in [0.717, 1.165) is 31.2 Å². The van der Waals surface area contributed by atoms with Gasteiger partial charge in [0.15, 0.2) is 5.78 Å². The molecule has 0 N–H and O–H groups in total. The van der Waals surface area contributed by atoms with Crippen molar-refractivity contribution in [2.24, 2.45) is 5.41 Å².